The number of rotatable bonds is 3. The summed E-state index contributed by atoms with van der Waals surface area (Å²) in [6.45, 7) is 0.334. The summed E-state index contributed by atoms with van der Waals surface area (Å²) in [4.78, 5) is 14.1. The number of hydrogen-bond acceptors (Lipinski definition) is 3. The molecule has 1 rings (SSSR count). The van der Waals surface area contributed by atoms with E-state index in [1.165, 1.54) is 6.07 Å². The van der Waals surface area contributed by atoms with Crippen LogP contribution < -0.4 is 0 Å². The van der Waals surface area contributed by atoms with Crippen molar-refractivity contribution in [2.45, 2.75) is 6.42 Å². The minimum Gasteiger partial charge on any atom is -0.477 e. The number of hydrogen-bond donors (Lipinski definition) is 1. The van der Waals surface area contributed by atoms with Crippen molar-refractivity contribution in [3.05, 3.63) is 32.3 Å². The van der Waals surface area contributed by atoms with Crippen LogP contribution in [0.5, 0.6) is 0 Å². The molecule has 0 aliphatic carbocycles. The van der Waals surface area contributed by atoms with Gasteiger partial charge in [-0.05, 0) is 17.7 Å². The Bertz CT molecular complexity index is 463. The molecule has 0 saturated heterocycles. The van der Waals surface area contributed by atoms with E-state index < -0.39 is 5.97 Å². The van der Waals surface area contributed by atoms with Gasteiger partial charge in [0.2, 0.25) is 0 Å². The second kappa shape index (κ2) is 5.70. The van der Waals surface area contributed by atoms with Gasteiger partial charge in [-0.1, -0.05) is 17.0 Å². The van der Waals surface area contributed by atoms with Gasteiger partial charge in [-0.25, -0.2) is 4.79 Å². The van der Waals surface area contributed by atoms with E-state index in [2.05, 4.69) is 21.9 Å². The average molecular weight is 221 g/mol. The fourth-order valence-corrected chi connectivity index (χ4v) is 1.54. The number of nitrogens with zero attached hydrogens (tertiary/aromatic N) is 3. The van der Waals surface area contributed by atoms with Gasteiger partial charge in [0.05, 0.1) is 4.88 Å². The molecule has 76 valence electrons. The van der Waals surface area contributed by atoms with Gasteiger partial charge in [0.25, 0.3) is 0 Å². The molecule has 0 atom stereocenters. The van der Waals surface area contributed by atoms with Crippen molar-refractivity contribution >= 4 is 17.3 Å². The number of carboxylic acids is 1. The highest BCUT2D eigenvalue weighted by molar-refractivity contribution is 7.14. The lowest BCUT2D eigenvalue weighted by Gasteiger charge is -1.81. The molecule has 0 saturated carbocycles. The highest BCUT2D eigenvalue weighted by Crippen LogP contribution is 2.14. The standard InChI is InChI=1S/C9H7N3O2S/c10-12-11-6-2-1-3-7-4-5-8(15-7)9(13)14/h4-5H,2,6H2,(H,13,14). The zero-order valence-electron chi connectivity index (χ0n) is 7.67. The summed E-state index contributed by atoms with van der Waals surface area (Å²) < 4.78 is 0. The Balaban J connectivity index is 2.56. The summed E-state index contributed by atoms with van der Waals surface area (Å²) in [6, 6.07) is 3.18. The number of carbonyl (C=O) groups is 1. The molecular weight excluding hydrogens is 214 g/mol. The lowest BCUT2D eigenvalue weighted by molar-refractivity contribution is 0.0702. The van der Waals surface area contributed by atoms with Crippen LogP contribution in [0.2, 0.25) is 0 Å². The van der Waals surface area contributed by atoms with E-state index in [0.717, 1.165) is 11.3 Å². The maximum absolute atomic E-state index is 10.5. The Morgan fingerprint density at radius 3 is 3.07 bits per heavy atom. The second-order valence-corrected chi connectivity index (χ2v) is 3.56. The largest absolute Gasteiger partial charge is 0.477 e. The Labute approximate surface area is 90.0 Å². The fourth-order valence-electron chi connectivity index (χ4n) is 0.820. The fraction of sp³-hybridized carbons (Fsp3) is 0.222. The first kappa shape index (κ1) is 11.1. The summed E-state index contributed by atoms with van der Waals surface area (Å²) in [5.41, 5.74) is 7.99. The van der Waals surface area contributed by atoms with Crippen LogP contribution in [0, 0.1) is 11.8 Å². The van der Waals surface area contributed by atoms with Crippen LogP contribution in [-0.2, 0) is 0 Å². The van der Waals surface area contributed by atoms with Crippen molar-refractivity contribution in [3.63, 3.8) is 0 Å². The van der Waals surface area contributed by atoms with Gasteiger partial charge in [-0.15, -0.1) is 11.3 Å². The van der Waals surface area contributed by atoms with Crippen molar-refractivity contribution in [3.8, 4) is 11.8 Å². The number of aromatic carboxylic acids is 1. The molecule has 15 heavy (non-hydrogen) atoms. The van der Waals surface area contributed by atoms with Crippen LogP contribution >= 0.6 is 11.3 Å². The van der Waals surface area contributed by atoms with E-state index in [4.69, 9.17) is 10.6 Å². The van der Waals surface area contributed by atoms with Crippen molar-refractivity contribution in [1.29, 1.82) is 0 Å². The highest BCUT2D eigenvalue weighted by atomic mass is 32.1. The molecular formula is C9H7N3O2S. The van der Waals surface area contributed by atoms with Crippen molar-refractivity contribution in [2.75, 3.05) is 6.54 Å². The molecule has 0 bridgehead atoms. The Kier molecular flexibility index (Phi) is 4.23. The molecule has 0 unspecified atom stereocenters. The molecule has 1 heterocycles. The van der Waals surface area contributed by atoms with Gasteiger partial charge >= 0.3 is 5.97 Å². The van der Waals surface area contributed by atoms with Crippen LogP contribution in [0.25, 0.3) is 10.4 Å². The molecule has 0 aliphatic rings. The molecule has 0 amide bonds. The summed E-state index contributed by atoms with van der Waals surface area (Å²) in [5, 5.41) is 12.0. The lowest BCUT2D eigenvalue weighted by atomic mass is 10.4. The molecule has 6 heteroatoms. The molecule has 1 aromatic heterocycles. The molecule has 0 spiro atoms. The Hall–Kier alpha value is -1.96. The van der Waals surface area contributed by atoms with E-state index in [-0.39, 0.29) is 4.88 Å². The van der Waals surface area contributed by atoms with E-state index in [1.54, 1.807) is 6.07 Å². The molecule has 1 N–H and O–H groups in total. The Morgan fingerprint density at radius 2 is 2.47 bits per heavy atom. The first-order valence-corrected chi connectivity index (χ1v) is 4.88. The van der Waals surface area contributed by atoms with Gasteiger partial charge in [-0.3, -0.25) is 0 Å². The zero-order chi connectivity index (χ0) is 11.1. The van der Waals surface area contributed by atoms with Crippen LogP contribution in [0.4, 0.5) is 0 Å². The van der Waals surface area contributed by atoms with Crippen LogP contribution in [-0.4, -0.2) is 17.6 Å². The predicted octanol–water partition coefficient (Wildman–Crippen LogP) is 2.50. The van der Waals surface area contributed by atoms with Crippen molar-refractivity contribution < 1.29 is 9.90 Å². The zero-order valence-corrected chi connectivity index (χ0v) is 8.49. The molecule has 0 fully saturated rings. The van der Waals surface area contributed by atoms with Crippen LogP contribution in [0.3, 0.4) is 0 Å². The number of thiophene rings is 1. The highest BCUT2D eigenvalue weighted by Gasteiger charge is 2.04. The quantitative estimate of drug-likeness (QED) is 0.279. The minimum atomic E-state index is -0.942. The van der Waals surface area contributed by atoms with Gasteiger partial charge in [-0.2, -0.15) is 0 Å². The molecule has 0 aliphatic heterocycles. The third-order valence-corrected chi connectivity index (χ3v) is 2.42. The van der Waals surface area contributed by atoms with E-state index in [9.17, 15) is 4.79 Å². The second-order valence-electron chi connectivity index (χ2n) is 2.48. The third-order valence-electron chi connectivity index (χ3n) is 1.43. The number of carboxylic acid groups (broad SMARTS) is 1. The molecule has 0 radical (unpaired) electrons. The maximum atomic E-state index is 10.5. The molecule has 0 aromatic carbocycles. The predicted molar refractivity (Wildman–Crippen MR) is 56.8 cm³/mol. The summed E-state index contributed by atoms with van der Waals surface area (Å²) in [6.07, 6.45) is 0.477. The van der Waals surface area contributed by atoms with E-state index >= 15 is 0 Å². The first-order chi connectivity index (χ1) is 7.24. The van der Waals surface area contributed by atoms with Gasteiger partial charge in [0, 0.05) is 17.9 Å². The lowest BCUT2D eigenvalue weighted by Crippen LogP contribution is -1.89. The van der Waals surface area contributed by atoms with Crippen LogP contribution in [0.15, 0.2) is 17.2 Å². The smallest absolute Gasteiger partial charge is 0.345 e. The average Bonchev–Trinajstić information content (AvgIpc) is 2.66. The normalized spacial score (nSPS) is 8.53. The van der Waals surface area contributed by atoms with E-state index in [0.29, 0.717) is 17.8 Å². The van der Waals surface area contributed by atoms with Crippen LogP contribution in [0.1, 0.15) is 21.0 Å². The van der Waals surface area contributed by atoms with Crippen molar-refractivity contribution in [1.82, 2.24) is 0 Å². The number of azide groups is 1. The summed E-state index contributed by atoms with van der Waals surface area (Å²) >= 11 is 1.13. The molecule has 1 aromatic rings. The summed E-state index contributed by atoms with van der Waals surface area (Å²) in [5.74, 6) is 4.65. The van der Waals surface area contributed by atoms with Gasteiger partial charge < -0.3 is 5.11 Å². The topological polar surface area (TPSA) is 86.1 Å². The molecule has 5 nitrogen and oxygen atoms in total. The van der Waals surface area contributed by atoms with E-state index in [1.807, 2.05) is 0 Å². The maximum Gasteiger partial charge on any atom is 0.345 e. The van der Waals surface area contributed by atoms with Crippen molar-refractivity contribution in [2.24, 2.45) is 5.11 Å². The van der Waals surface area contributed by atoms with Gasteiger partial charge in [0.15, 0.2) is 0 Å². The third kappa shape index (κ3) is 3.73. The first-order valence-electron chi connectivity index (χ1n) is 4.07. The van der Waals surface area contributed by atoms with Gasteiger partial charge in [0.1, 0.15) is 4.88 Å². The Morgan fingerprint density at radius 1 is 1.67 bits per heavy atom. The minimum absolute atomic E-state index is 0.273. The SMILES string of the molecule is [N-]=[N+]=NCCC#Cc1ccc(C(=O)O)s1. The monoisotopic (exact) mass is 221 g/mol. The summed E-state index contributed by atoms with van der Waals surface area (Å²) in [7, 11) is 0.